The molecule has 0 radical (unpaired) electrons. The number of carbonyl (C=O) groups is 1. The summed E-state index contributed by atoms with van der Waals surface area (Å²) in [7, 11) is 0. The zero-order valence-corrected chi connectivity index (χ0v) is 11.4. The molecule has 0 bridgehead atoms. The summed E-state index contributed by atoms with van der Waals surface area (Å²) < 4.78 is 4.31. The Labute approximate surface area is 98.8 Å². The third kappa shape index (κ3) is 47.7. The van der Waals surface area contributed by atoms with Crippen molar-refractivity contribution in [2.75, 3.05) is 6.61 Å². The third-order valence-corrected chi connectivity index (χ3v) is 0.493. The largest absolute Gasteiger partial charge is 0.466 e. The van der Waals surface area contributed by atoms with Crippen molar-refractivity contribution >= 4 is 35.3 Å². The van der Waals surface area contributed by atoms with Crippen LogP contribution in [0.4, 0.5) is 4.79 Å². The van der Waals surface area contributed by atoms with E-state index in [0.29, 0.717) is 0 Å². The molecule has 0 fully saturated rings. The Bertz CT molecular complexity index is 153. The Morgan fingerprint density at radius 2 is 1.85 bits per heavy atom. The van der Waals surface area contributed by atoms with Crippen molar-refractivity contribution in [2.45, 2.75) is 6.29 Å². The van der Waals surface area contributed by atoms with E-state index in [0.717, 1.165) is 0 Å². The monoisotopic (exact) mass is 278 g/mol. The van der Waals surface area contributed by atoms with Crippen molar-refractivity contribution in [3.05, 3.63) is 0 Å². The maximum absolute atomic E-state index is 9.09. The molecule has 0 atom stereocenters. The van der Waals surface area contributed by atoms with Gasteiger partial charge in [-0.25, -0.2) is 0 Å². The number of carbonyl (C=O) groups excluding carboxylic acids is 1. The van der Waals surface area contributed by atoms with Gasteiger partial charge in [0.05, 0.1) is 0 Å². The fourth-order valence-electron chi connectivity index (χ4n) is 0.157. The molecule has 1 amide bonds. The number of hydrogen-bond donors (Lipinski definition) is 5. The number of primary amides is 1. The zero-order valence-electron chi connectivity index (χ0n) is 6.71. The summed E-state index contributed by atoms with van der Waals surface area (Å²) in [4.78, 5) is 9.09. The first-order valence-electron chi connectivity index (χ1n) is 2.63. The van der Waals surface area contributed by atoms with Crippen LogP contribution < -0.4 is 11.5 Å². The second-order valence-electron chi connectivity index (χ2n) is 1.45. The molecule has 0 aromatic rings. The van der Waals surface area contributed by atoms with Crippen LogP contribution in [0, 0.1) is 0 Å². The van der Waals surface area contributed by atoms with E-state index in [1.807, 2.05) is 0 Å². The molecule has 6 N–H and O–H groups in total. The van der Waals surface area contributed by atoms with Crippen LogP contribution in [-0.4, -0.2) is 33.5 Å². The molecule has 0 saturated carbocycles. The Balaban J connectivity index is -0.000000173. The second kappa shape index (κ2) is 12.1. The minimum Gasteiger partial charge on any atom is -0.466 e. The van der Waals surface area contributed by atoms with Crippen LogP contribution in [0.2, 0.25) is 0 Å². The van der Waals surface area contributed by atoms with Crippen molar-refractivity contribution in [1.82, 2.24) is 0 Å². The number of ether oxygens (including phenoxy) is 1. The molecule has 13 heavy (non-hydrogen) atoms. The van der Waals surface area contributed by atoms with Gasteiger partial charge in [0.25, 0.3) is 10.4 Å². The van der Waals surface area contributed by atoms with E-state index in [1.54, 1.807) is 0 Å². The van der Waals surface area contributed by atoms with E-state index in [9.17, 15) is 0 Å². The maximum atomic E-state index is 9.09. The molecule has 0 spiro atoms. The van der Waals surface area contributed by atoms with Gasteiger partial charge in [-0.15, -0.1) is 0 Å². The van der Waals surface area contributed by atoms with Gasteiger partial charge in [-0.05, 0) is 12.2 Å². The van der Waals surface area contributed by atoms with E-state index in [1.165, 1.54) is 0 Å². The molecular formula is C4H10N2O4S2Zn. The zero-order chi connectivity index (χ0) is 10.1. The fraction of sp³-hybridized carbons (Fsp3) is 0.500. The molecule has 0 heterocycles. The molecule has 0 aromatic heterocycles. The van der Waals surface area contributed by atoms with E-state index in [2.05, 4.69) is 35.3 Å². The van der Waals surface area contributed by atoms with Gasteiger partial charge < -0.3 is 26.4 Å². The van der Waals surface area contributed by atoms with Crippen LogP contribution in [0.25, 0.3) is 0 Å². The molecule has 0 aliphatic rings. The van der Waals surface area contributed by atoms with Crippen molar-refractivity contribution in [2.24, 2.45) is 11.5 Å². The smallest absolute Gasteiger partial charge is 0.273 e. The van der Waals surface area contributed by atoms with Crippen molar-refractivity contribution < 1.29 is 39.2 Å². The number of nitrogens with two attached hydrogens (primary N) is 2. The quantitative estimate of drug-likeness (QED) is 0.183. The molecule has 6 nitrogen and oxygen atoms in total. The molecule has 0 rings (SSSR count). The van der Waals surface area contributed by atoms with Gasteiger partial charge in [0, 0.05) is 19.5 Å². The molecule has 9 heteroatoms. The summed E-state index contributed by atoms with van der Waals surface area (Å²) in [6.07, 6.45) is -1.50. The van der Waals surface area contributed by atoms with E-state index >= 15 is 0 Å². The molecule has 0 aliphatic carbocycles. The number of aliphatic hydroxyl groups excluding tert-OH is 1. The third-order valence-electron chi connectivity index (χ3n) is 0.375. The Hall–Kier alpha value is 0.0534. The van der Waals surface area contributed by atoms with Gasteiger partial charge in [-0.2, -0.15) is 0 Å². The average Bonchev–Trinajstić information content (AvgIpc) is 1.82. The van der Waals surface area contributed by atoms with Crippen molar-refractivity contribution in [1.29, 1.82) is 0 Å². The van der Waals surface area contributed by atoms with Gasteiger partial charge >= 0.3 is 0 Å². The minimum atomic E-state index is -1.50. The second-order valence-corrected chi connectivity index (χ2v) is 2.29. The number of aliphatic hydroxyl groups is 2. The molecule has 0 unspecified atom stereocenters. The molecule has 0 aliphatic heterocycles. The molecule has 0 saturated heterocycles. The fourth-order valence-corrected chi connectivity index (χ4v) is 0.225. The Morgan fingerprint density at radius 3 is 1.92 bits per heavy atom. The summed E-state index contributed by atoms with van der Waals surface area (Å²) in [5, 5.41) is 15.4. The number of rotatable bonds is 2. The van der Waals surface area contributed by atoms with Gasteiger partial charge in [-0.1, -0.05) is 12.6 Å². The first kappa shape index (κ1) is 18.8. The predicted octanol–water partition coefficient (Wildman–Crippen LogP) is -1.45. The number of hydrogen-bond acceptors (Lipinski definition) is 5. The summed E-state index contributed by atoms with van der Waals surface area (Å²) in [6, 6.07) is 0. The Morgan fingerprint density at radius 1 is 1.54 bits per heavy atom. The first-order valence-corrected chi connectivity index (χ1v) is 3.48. The van der Waals surface area contributed by atoms with E-state index in [-0.39, 0.29) is 31.3 Å². The topological polar surface area (TPSA) is 119 Å². The average molecular weight is 280 g/mol. The van der Waals surface area contributed by atoms with Gasteiger partial charge in [0.1, 0.15) is 6.61 Å². The van der Waals surface area contributed by atoms with Crippen LogP contribution in [0.15, 0.2) is 0 Å². The summed E-state index contributed by atoms with van der Waals surface area (Å²) in [5.41, 5.74) is 9.16. The SMILES string of the molecule is NC(=O)S.NC(=S)OCC(O)O.[Zn]. The number of thiocarbonyl (C=S) groups is 1. The minimum absolute atomic E-state index is 0. The standard InChI is InChI=1S/C3H7NO3S.CH3NOS.Zn/c4-3(8)7-1-2(5)6;2-1(3)4;/h2,5-6H,1H2,(H2,4,8);(H3,2,3,4);. The summed E-state index contributed by atoms with van der Waals surface area (Å²) in [5.74, 6) is 0. The van der Waals surface area contributed by atoms with Crippen LogP contribution >= 0.6 is 24.8 Å². The van der Waals surface area contributed by atoms with Gasteiger partial charge in [0.15, 0.2) is 6.29 Å². The predicted molar refractivity (Wildman–Crippen MR) is 49.5 cm³/mol. The van der Waals surface area contributed by atoms with Gasteiger partial charge in [-0.3, -0.25) is 4.79 Å². The van der Waals surface area contributed by atoms with Crippen LogP contribution in [-0.2, 0) is 24.2 Å². The Kier molecular flexibility index (Phi) is 17.4. The normalized spacial score (nSPS) is 7.69. The maximum Gasteiger partial charge on any atom is 0.273 e. The molecule has 74 valence electrons. The number of amides is 1. The summed E-state index contributed by atoms with van der Waals surface area (Å²) in [6.45, 7) is -0.269. The van der Waals surface area contributed by atoms with Crippen LogP contribution in [0.3, 0.4) is 0 Å². The molecule has 0 aromatic carbocycles. The van der Waals surface area contributed by atoms with Crippen LogP contribution in [0.5, 0.6) is 0 Å². The summed E-state index contributed by atoms with van der Waals surface area (Å²) >= 11 is 7.35. The van der Waals surface area contributed by atoms with Gasteiger partial charge in [0.2, 0.25) is 0 Å². The van der Waals surface area contributed by atoms with Crippen molar-refractivity contribution in [3.8, 4) is 0 Å². The van der Waals surface area contributed by atoms with Crippen LogP contribution in [0.1, 0.15) is 0 Å². The van der Waals surface area contributed by atoms with E-state index < -0.39 is 11.5 Å². The number of thiol groups is 1. The first-order chi connectivity index (χ1) is 5.36. The van der Waals surface area contributed by atoms with E-state index in [4.69, 9.17) is 20.7 Å². The molecular weight excluding hydrogens is 270 g/mol. The van der Waals surface area contributed by atoms with Crippen molar-refractivity contribution in [3.63, 3.8) is 0 Å².